The molecule has 0 bridgehead atoms. The van der Waals surface area contributed by atoms with Crippen molar-refractivity contribution in [2.45, 2.75) is 25.8 Å². The van der Waals surface area contributed by atoms with Gasteiger partial charge < -0.3 is 10.2 Å². The zero-order valence-corrected chi connectivity index (χ0v) is 16.8. The summed E-state index contributed by atoms with van der Waals surface area (Å²) >= 11 is 0. The number of benzene rings is 2. The van der Waals surface area contributed by atoms with Crippen LogP contribution in [0.2, 0.25) is 0 Å². The van der Waals surface area contributed by atoms with Crippen molar-refractivity contribution in [2.24, 2.45) is 0 Å². The predicted octanol–water partition coefficient (Wildman–Crippen LogP) is 3.17. The average molecular weight is 384 g/mol. The molecule has 0 aliphatic carbocycles. The van der Waals surface area contributed by atoms with E-state index in [4.69, 9.17) is 0 Å². The number of halogens is 1. The molecule has 1 fully saturated rings. The highest BCUT2D eigenvalue weighted by Crippen LogP contribution is 2.22. The van der Waals surface area contributed by atoms with Crippen LogP contribution in [-0.2, 0) is 11.2 Å². The van der Waals surface area contributed by atoms with E-state index in [9.17, 15) is 9.18 Å². The van der Waals surface area contributed by atoms with Crippen LogP contribution in [0.4, 0.5) is 4.39 Å². The van der Waals surface area contributed by atoms with Crippen LogP contribution in [0.25, 0.3) is 0 Å². The van der Waals surface area contributed by atoms with E-state index in [0.29, 0.717) is 24.9 Å². The summed E-state index contributed by atoms with van der Waals surface area (Å²) in [7, 11) is 2.14. The Morgan fingerprint density at radius 2 is 1.75 bits per heavy atom. The Hall–Kier alpha value is -2.24. The molecule has 1 heterocycles. The maximum atomic E-state index is 13.7. The summed E-state index contributed by atoms with van der Waals surface area (Å²) in [5.41, 5.74) is 3.05. The van der Waals surface area contributed by atoms with E-state index in [-0.39, 0.29) is 17.8 Å². The topological polar surface area (TPSA) is 35.6 Å². The molecular formula is C23H30FN3O. The summed E-state index contributed by atoms with van der Waals surface area (Å²) in [6.07, 6.45) is 0.715. The molecule has 1 aliphatic rings. The van der Waals surface area contributed by atoms with Gasteiger partial charge in [0, 0.05) is 39.1 Å². The van der Waals surface area contributed by atoms with Gasteiger partial charge in [-0.1, -0.05) is 48.0 Å². The number of hydrogen-bond acceptors (Lipinski definition) is 3. The number of likely N-dealkylation sites (N-methyl/N-ethyl adjacent to an activating group) is 1. The summed E-state index contributed by atoms with van der Waals surface area (Å²) in [4.78, 5) is 17.2. The number of aryl methyl sites for hydroxylation is 2. The molecule has 0 spiro atoms. The maximum Gasteiger partial charge on any atom is 0.220 e. The average Bonchev–Trinajstić information content (AvgIpc) is 2.70. The van der Waals surface area contributed by atoms with Crippen molar-refractivity contribution in [3.05, 3.63) is 71.0 Å². The number of piperazine rings is 1. The zero-order chi connectivity index (χ0) is 19.9. The Morgan fingerprint density at radius 3 is 2.43 bits per heavy atom. The van der Waals surface area contributed by atoms with Crippen LogP contribution >= 0.6 is 0 Å². The third kappa shape index (κ3) is 5.63. The van der Waals surface area contributed by atoms with E-state index < -0.39 is 0 Å². The predicted molar refractivity (Wildman–Crippen MR) is 111 cm³/mol. The van der Waals surface area contributed by atoms with Gasteiger partial charge >= 0.3 is 0 Å². The molecule has 28 heavy (non-hydrogen) atoms. The molecule has 150 valence electrons. The van der Waals surface area contributed by atoms with Crippen molar-refractivity contribution in [1.29, 1.82) is 0 Å². The van der Waals surface area contributed by atoms with Gasteiger partial charge in [0.25, 0.3) is 0 Å². The van der Waals surface area contributed by atoms with Gasteiger partial charge in [0.05, 0.1) is 6.04 Å². The molecule has 3 rings (SSSR count). The highest BCUT2D eigenvalue weighted by atomic mass is 19.1. The fraction of sp³-hybridized carbons (Fsp3) is 0.435. The van der Waals surface area contributed by atoms with Gasteiger partial charge in [-0.15, -0.1) is 0 Å². The van der Waals surface area contributed by atoms with Gasteiger partial charge in [0.1, 0.15) is 5.82 Å². The normalized spacial score (nSPS) is 16.7. The van der Waals surface area contributed by atoms with Crippen LogP contribution in [0.1, 0.15) is 29.2 Å². The second kappa shape index (κ2) is 9.80. The molecule has 0 aromatic heterocycles. The first-order valence-electron chi connectivity index (χ1n) is 10.0. The maximum absolute atomic E-state index is 13.7. The number of carbonyl (C=O) groups is 1. The summed E-state index contributed by atoms with van der Waals surface area (Å²) in [5.74, 6) is -0.278. The lowest BCUT2D eigenvalue weighted by Crippen LogP contribution is -2.48. The van der Waals surface area contributed by atoms with Gasteiger partial charge in [-0.05, 0) is 37.6 Å². The lowest BCUT2D eigenvalue weighted by Gasteiger charge is -2.38. The Labute approximate surface area is 167 Å². The molecule has 1 saturated heterocycles. The third-order valence-corrected chi connectivity index (χ3v) is 5.51. The second-order valence-corrected chi connectivity index (χ2v) is 7.66. The van der Waals surface area contributed by atoms with Crippen molar-refractivity contribution >= 4 is 5.91 Å². The number of hydrogen-bond donors (Lipinski definition) is 1. The van der Waals surface area contributed by atoms with Crippen molar-refractivity contribution in [1.82, 2.24) is 15.1 Å². The van der Waals surface area contributed by atoms with Gasteiger partial charge in [-0.2, -0.15) is 0 Å². The SMILES string of the molecule is Cc1ccc(C(CNC(=O)CCc2ccccc2F)N2CCN(C)CC2)cc1. The van der Waals surface area contributed by atoms with E-state index in [1.54, 1.807) is 18.2 Å². The fourth-order valence-electron chi connectivity index (χ4n) is 3.63. The van der Waals surface area contributed by atoms with E-state index >= 15 is 0 Å². The molecule has 5 heteroatoms. The minimum Gasteiger partial charge on any atom is -0.354 e. The Morgan fingerprint density at radius 1 is 1.07 bits per heavy atom. The number of amides is 1. The summed E-state index contributed by atoms with van der Waals surface area (Å²) in [6.45, 7) is 6.69. The van der Waals surface area contributed by atoms with Crippen LogP contribution in [0.5, 0.6) is 0 Å². The van der Waals surface area contributed by atoms with E-state index in [2.05, 4.69) is 53.4 Å². The Balaban J connectivity index is 1.60. The zero-order valence-electron chi connectivity index (χ0n) is 16.8. The van der Waals surface area contributed by atoms with E-state index in [1.165, 1.54) is 17.2 Å². The quantitative estimate of drug-likeness (QED) is 0.798. The molecule has 1 amide bonds. The van der Waals surface area contributed by atoms with Gasteiger partial charge in [0.2, 0.25) is 5.91 Å². The van der Waals surface area contributed by atoms with Crippen molar-refractivity contribution in [3.63, 3.8) is 0 Å². The molecule has 1 aliphatic heterocycles. The standard InChI is InChI=1S/C23H30FN3O/c1-18-7-9-20(10-8-18)22(27-15-13-26(2)14-16-27)17-25-23(28)12-11-19-5-3-4-6-21(19)24/h3-10,22H,11-17H2,1-2H3,(H,25,28). The third-order valence-electron chi connectivity index (χ3n) is 5.51. The van der Waals surface area contributed by atoms with Crippen LogP contribution < -0.4 is 5.32 Å². The number of nitrogens with zero attached hydrogens (tertiary/aromatic N) is 2. The first-order valence-corrected chi connectivity index (χ1v) is 10.0. The summed E-state index contributed by atoms with van der Waals surface area (Å²) < 4.78 is 13.7. The number of carbonyl (C=O) groups excluding carboxylic acids is 1. The molecular weight excluding hydrogens is 353 g/mol. The van der Waals surface area contributed by atoms with Gasteiger partial charge in [-0.3, -0.25) is 9.69 Å². The Bertz CT molecular complexity index is 770. The first kappa shape index (κ1) is 20.5. The highest BCUT2D eigenvalue weighted by molar-refractivity contribution is 5.76. The Kier molecular flexibility index (Phi) is 7.18. The summed E-state index contributed by atoms with van der Waals surface area (Å²) in [5, 5.41) is 3.08. The monoisotopic (exact) mass is 383 g/mol. The number of nitrogens with one attached hydrogen (secondary N) is 1. The van der Waals surface area contributed by atoms with Crippen LogP contribution in [0.15, 0.2) is 48.5 Å². The van der Waals surface area contributed by atoms with Crippen molar-refractivity contribution in [2.75, 3.05) is 39.8 Å². The molecule has 0 radical (unpaired) electrons. The molecule has 1 unspecified atom stereocenters. The molecule has 1 N–H and O–H groups in total. The lowest BCUT2D eigenvalue weighted by atomic mass is 10.0. The van der Waals surface area contributed by atoms with E-state index in [1.807, 2.05) is 0 Å². The smallest absolute Gasteiger partial charge is 0.220 e. The summed E-state index contributed by atoms with van der Waals surface area (Å²) in [6, 6.07) is 15.4. The van der Waals surface area contributed by atoms with Crippen LogP contribution in [0.3, 0.4) is 0 Å². The highest BCUT2D eigenvalue weighted by Gasteiger charge is 2.24. The van der Waals surface area contributed by atoms with E-state index in [0.717, 1.165) is 26.2 Å². The molecule has 2 aromatic rings. The second-order valence-electron chi connectivity index (χ2n) is 7.66. The lowest BCUT2D eigenvalue weighted by molar-refractivity contribution is -0.121. The largest absolute Gasteiger partial charge is 0.354 e. The molecule has 4 nitrogen and oxygen atoms in total. The molecule has 0 saturated carbocycles. The van der Waals surface area contributed by atoms with Crippen molar-refractivity contribution < 1.29 is 9.18 Å². The molecule has 2 aromatic carbocycles. The fourth-order valence-corrected chi connectivity index (χ4v) is 3.63. The minimum atomic E-state index is -0.245. The van der Waals surface area contributed by atoms with Crippen LogP contribution in [-0.4, -0.2) is 55.5 Å². The minimum absolute atomic E-state index is 0.0329. The van der Waals surface area contributed by atoms with Crippen molar-refractivity contribution in [3.8, 4) is 0 Å². The van der Waals surface area contributed by atoms with Gasteiger partial charge in [0.15, 0.2) is 0 Å². The number of rotatable bonds is 7. The van der Waals surface area contributed by atoms with Crippen LogP contribution in [0, 0.1) is 12.7 Å². The first-order chi connectivity index (χ1) is 13.5. The molecule has 1 atom stereocenters. The van der Waals surface area contributed by atoms with Gasteiger partial charge in [-0.25, -0.2) is 4.39 Å².